The van der Waals surface area contributed by atoms with Crippen LogP contribution in [-0.4, -0.2) is 34.6 Å². The van der Waals surface area contributed by atoms with Crippen molar-refractivity contribution in [2.45, 2.75) is 63.4 Å². The van der Waals surface area contributed by atoms with Crippen LogP contribution in [0.1, 0.15) is 50.2 Å². The van der Waals surface area contributed by atoms with Gasteiger partial charge in [-0.3, -0.25) is 9.59 Å². The molecule has 2 amide bonds. The lowest BCUT2D eigenvalue weighted by Gasteiger charge is -2.31. The molecule has 0 heterocycles. The quantitative estimate of drug-likeness (QED) is 0.358. The summed E-state index contributed by atoms with van der Waals surface area (Å²) in [6.45, 7) is 1.97. The van der Waals surface area contributed by atoms with E-state index in [-0.39, 0.29) is 30.2 Å². The Bertz CT molecular complexity index is 932. The van der Waals surface area contributed by atoms with Gasteiger partial charge in [0.2, 0.25) is 11.8 Å². The number of halogens is 3. The highest BCUT2D eigenvalue weighted by Gasteiger charge is 2.29. The van der Waals surface area contributed by atoms with Crippen LogP contribution in [0.2, 0.25) is 10.0 Å². The van der Waals surface area contributed by atoms with Crippen molar-refractivity contribution in [2.75, 3.05) is 5.75 Å². The average molecular weight is 572 g/mol. The predicted molar refractivity (Wildman–Crippen MR) is 142 cm³/mol. The Morgan fingerprint density at radius 3 is 2.36 bits per heavy atom. The fourth-order valence-electron chi connectivity index (χ4n) is 3.92. The number of nitrogens with zero attached hydrogens (tertiary/aromatic N) is 1. The van der Waals surface area contributed by atoms with Crippen molar-refractivity contribution >= 4 is 62.7 Å². The molecule has 1 aliphatic carbocycles. The summed E-state index contributed by atoms with van der Waals surface area (Å²) in [4.78, 5) is 27.9. The number of carbonyl (C=O) groups is 2. The van der Waals surface area contributed by atoms with Crippen LogP contribution in [0.3, 0.4) is 0 Å². The van der Waals surface area contributed by atoms with Crippen LogP contribution in [0.5, 0.6) is 0 Å². The first-order valence-electron chi connectivity index (χ1n) is 11.2. The van der Waals surface area contributed by atoms with Crippen molar-refractivity contribution in [1.82, 2.24) is 10.2 Å². The monoisotopic (exact) mass is 570 g/mol. The van der Waals surface area contributed by atoms with Gasteiger partial charge in [0, 0.05) is 38.4 Å². The molecular weight excluding hydrogens is 543 g/mol. The fraction of sp³-hybridized carbons (Fsp3) is 0.440. The summed E-state index contributed by atoms with van der Waals surface area (Å²) in [7, 11) is 0. The Morgan fingerprint density at radius 1 is 1.09 bits per heavy atom. The van der Waals surface area contributed by atoms with Gasteiger partial charge in [-0.05, 0) is 49.6 Å². The molecule has 1 aliphatic rings. The summed E-state index contributed by atoms with van der Waals surface area (Å²) < 4.78 is 1.02. The molecule has 33 heavy (non-hydrogen) atoms. The predicted octanol–water partition coefficient (Wildman–Crippen LogP) is 6.86. The van der Waals surface area contributed by atoms with Crippen LogP contribution in [0, 0.1) is 0 Å². The smallest absolute Gasteiger partial charge is 0.242 e. The van der Waals surface area contributed by atoms with Crippen molar-refractivity contribution in [3.63, 3.8) is 0 Å². The molecule has 0 aliphatic heterocycles. The first kappa shape index (κ1) is 26.4. The first-order valence-corrected chi connectivity index (χ1v) is 13.9. The molecule has 0 spiro atoms. The topological polar surface area (TPSA) is 49.4 Å². The number of amides is 2. The van der Waals surface area contributed by atoms with E-state index in [1.54, 1.807) is 30.0 Å². The molecule has 1 atom stereocenters. The van der Waals surface area contributed by atoms with Crippen LogP contribution in [0.25, 0.3) is 0 Å². The van der Waals surface area contributed by atoms with Crippen molar-refractivity contribution in [2.24, 2.45) is 0 Å². The number of rotatable bonds is 9. The minimum atomic E-state index is -0.625. The van der Waals surface area contributed by atoms with Gasteiger partial charge < -0.3 is 10.2 Å². The zero-order chi connectivity index (χ0) is 23.8. The van der Waals surface area contributed by atoms with Crippen LogP contribution in [-0.2, 0) is 21.9 Å². The van der Waals surface area contributed by atoms with E-state index in [1.807, 2.05) is 24.3 Å². The number of nitrogens with one attached hydrogen (secondary N) is 1. The molecule has 1 fully saturated rings. The Kier molecular flexibility index (Phi) is 10.4. The standard InChI is InChI=1S/C25H29BrCl2N2O2S/c1-17(25(32)29-20-6-3-2-4-7-20)30(14-21-22(27)8-5-9-23(21)28)24(31)16-33-15-18-10-12-19(26)13-11-18/h5,8-13,17,20H,2-4,6-7,14-16H2,1H3,(H,29,32). The highest BCUT2D eigenvalue weighted by Crippen LogP contribution is 2.27. The van der Waals surface area contributed by atoms with Gasteiger partial charge in [0.05, 0.1) is 5.75 Å². The summed E-state index contributed by atoms with van der Waals surface area (Å²) in [5.74, 6) is 0.734. The lowest BCUT2D eigenvalue weighted by Crippen LogP contribution is -2.50. The highest BCUT2D eigenvalue weighted by atomic mass is 79.9. The van der Waals surface area contributed by atoms with Crippen molar-refractivity contribution in [3.8, 4) is 0 Å². The van der Waals surface area contributed by atoms with E-state index >= 15 is 0 Å². The maximum absolute atomic E-state index is 13.3. The maximum Gasteiger partial charge on any atom is 0.242 e. The first-order chi connectivity index (χ1) is 15.8. The van der Waals surface area contributed by atoms with Gasteiger partial charge in [-0.25, -0.2) is 0 Å². The molecule has 0 bridgehead atoms. The molecule has 178 valence electrons. The fourth-order valence-corrected chi connectivity index (χ4v) is 5.58. The van der Waals surface area contributed by atoms with Gasteiger partial charge in [0.25, 0.3) is 0 Å². The lowest BCUT2D eigenvalue weighted by atomic mass is 9.95. The molecule has 0 saturated heterocycles. The number of benzene rings is 2. The SMILES string of the molecule is CC(C(=O)NC1CCCCC1)N(Cc1c(Cl)cccc1Cl)C(=O)CSCc1ccc(Br)cc1. The second-order valence-corrected chi connectivity index (χ2v) is 11.1. The number of hydrogen-bond acceptors (Lipinski definition) is 3. The van der Waals surface area contributed by atoms with E-state index in [1.165, 1.54) is 18.2 Å². The molecule has 8 heteroatoms. The Balaban J connectivity index is 1.69. The zero-order valence-electron chi connectivity index (χ0n) is 18.7. The van der Waals surface area contributed by atoms with Crippen LogP contribution in [0.15, 0.2) is 46.9 Å². The summed E-state index contributed by atoms with van der Waals surface area (Å²) in [5.41, 5.74) is 1.80. The summed E-state index contributed by atoms with van der Waals surface area (Å²) >= 11 is 17.7. The third-order valence-electron chi connectivity index (χ3n) is 5.92. The molecular formula is C25H29BrCl2N2O2S. The van der Waals surface area contributed by atoms with Gasteiger partial charge >= 0.3 is 0 Å². The largest absolute Gasteiger partial charge is 0.352 e. The molecule has 3 rings (SSSR count). The molecule has 1 N–H and O–H groups in total. The van der Waals surface area contributed by atoms with Crippen molar-refractivity contribution in [1.29, 1.82) is 0 Å². The minimum absolute atomic E-state index is 0.112. The zero-order valence-corrected chi connectivity index (χ0v) is 22.6. The molecule has 0 aromatic heterocycles. The Hall–Kier alpha value is -1.21. The lowest BCUT2D eigenvalue weighted by molar-refractivity contribution is -0.139. The van der Waals surface area contributed by atoms with E-state index in [0.717, 1.165) is 35.7 Å². The van der Waals surface area contributed by atoms with Crippen LogP contribution in [0.4, 0.5) is 0 Å². The van der Waals surface area contributed by atoms with Crippen LogP contribution < -0.4 is 5.32 Å². The van der Waals surface area contributed by atoms with Gasteiger partial charge in [0.1, 0.15) is 6.04 Å². The molecule has 1 saturated carbocycles. The number of thioether (sulfide) groups is 1. The van der Waals surface area contributed by atoms with E-state index in [0.29, 0.717) is 21.4 Å². The molecule has 2 aromatic carbocycles. The normalized spacial score (nSPS) is 15.2. The molecule has 1 unspecified atom stereocenters. The Morgan fingerprint density at radius 2 is 1.73 bits per heavy atom. The number of hydrogen-bond donors (Lipinski definition) is 1. The average Bonchev–Trinajstić information content (AvgIpc) is 2.80. The second kappa shape index (κ2) is 13.0. The Labute approximate surface area is 218 Å². The van der Waals surface area contributed by atoms with Gasteiger partial charge in [-0.1, -0.05) is 76.6 Å². The van der Waals surface area contributed by atoms with Gasteiger partial charge in [-0.2, -0.15) is 0 Å². The summed E-state index contributed by atoms with van der Waals surface area (Å²) in [6, 6.07) is 12.9. The van der Waals surface area contributed by atoms with Gasteiger partial charge in [-0.15, -0.1) is 11.8 Å². The van der Waals surface area contributed by atoms with E-state index in [4.69, 9.17) is 23.2 Å². The maximum atomic E-state index is 13.3. The summed E-state index contributed by atoms with van der Waals surface area (Å²) in [6.07, 6.45) is 5.46. The third kappa shape index (κ3) is 7.91. The van der Waals surface area contributed by atoms with Crippen LogP contribution >= 0.6 is 50.9 Å². The summed E-state index contributed by atoms with van der Waals surface area (Å²) in [5, 5.41) is 4.12. The van der Waals surface area contributed by atoms with Crippen molar-refractivity contribution in [3.05, 3.63) is 68.1 Å². The number of carbonyl (C=O) groups excluding carboxylic acids is 2. The minimum Gasteiger partial charge on any atom is -0.352 e. The highest BCUT2D eigenvalue weighted by molar-refractivity contribution is 9.10. The molecule has 4 nitrogen and oxygen atoms in total. The third-order valence-corrected chi connectivity index (χ3v) is 8.14. The molecule has 2 aromatic rings. The van der Waals surface area contributed by atoms with E-state index in [2.05, 4.69) is 21.2 Å². The van der Waals surface area contributed by atoms with Gasteiger partial charge in [0.15, 0.2) is 0 Å². The molecule has 0 radical (unpaired) electrons. The second-order valence-electron chi connectivity index (χ2n) is 8.36. The van der Waals surface area contributed by atoms with E-state index in [9.17, 15) is 9.59 Å². The van der Waals surface area contributed by atoms with Crippen molar-refractivity contribution < 1.29 is 9.59 Å². The van der Waals surface area contributed by atoms with E-state index < -0.39 is 6.04 Å².